The van der Waals surface area contributed by atoms with Gasteiger partial charge in [0.05, 0.1) is 16.1 Å². The first-order valence-electron chi connectivity index (χ1n) is 7.20. The van der Waals surface area contributed by atoms with E-state index in [1.54, 1.807) is 6.07 Å². The van der Waals surface area contributed by atoms with Gasteiger partial charge in [0, 0.05) is 19.6 Å². The van der Waals surface area contributed by atoms with Crippen molar-refractivity contribution >= 4 is 23.2 Å². The van der Waals surface area contributed by atoms with Gasteiger partial charge >= 0.3 is 0 Å². The highest BCUT2D eigenvalue weighted by atomic mass is 35.5. The molecule has 0 aliphatic carbocycles. The third-order valence-electron chi connectivity index (χ3n) is 3.61. The summed E-state index contributed by atoms with van der Waals surface area (Å²) in [6.07, 6.45) is 3.51. The minimum absolute atomic E-state index is 0.323. The number of β-amino-alcohol motifs (C(OH)–C–C–N with tert-alkyl or cyclic N) is 1. The molecule has 5 heteroatoms. The van der Waals surface area contributed by atoms with E-state index in [0.717, 1.165) is 25.2 Å². The molecule has 1 unspecified atom stereocenters. The van der Waals surface area contributed by atoms with Gasteiger partial charge in [0.25, 0.3) is 0 Å². The maximum atomic E-state index is 10.0. The lowest BCUT2D eigenvalue weighted by atomic mass is 10.1. The van der Waals surface area contributed by atoms with Crippen molar-refractivity contribution in [2.75, 3.05) is 26.2 Å². The van der Waals surface area contributed by atoms with Gasteiger partial charge in [-0.25, -0.2) is 0 Å². The number of rotatable bonds is 6. The third kappa shape index (κ3) is 5.23. The second-order valence-corrected chi connectivity index (χ2v) is 6.21. The molecule has 0 aromatic heterocycles. The minimum atomic E-state index is -0.323. The number of nitrogens with zero attached hydrogens (tertiary/aromatic N) is 1. The van der Waals surface area contributed by atoms with Crippen molar-refractivity contribution in [3.8, 4) is 0 Å². The van der Waals surface area contributed by atoms with Crippen LogP contribution in [-0.4, -0.2) is 42.3 Å². The minimum Gasteiger partial charge on any atom is -0.390 e. The maximum absolute atomic E-state index is 10.0. The lowest BCUT2D eigenvalue weighted by Gasteiger charge is -2.28. The van der Waals surface area contributed by atoms with Crippen molar-refractivity contribution in [3.05, 3.63) is 33.8 Å². The Labute approximate surface area is 130 Å². The summed E-state index contributed by atoms with van der Waals surface area (Å²) in [5.41, 5.74) is 1.07. The number of piperidine rings is 1. The molecule has 0 saturated carbocycles. The highest BCUT2D eigenvalue weighted by molar-refractivity contribution is 6.42. The first kappa shape index (κ1) is 16.1. The number of hydrogen-bond donors (Lipinski definition) is 2. The van der Waals surface area contributed by atoms with E-state index < -0.39 is 0 Å². The van der Waals surface area contributed by atoms with E-state index in [0.29, 0.717) is 23.1 Å². The lowest BCUT2D eigenvalue weighted by molar-refractivity contribution is 0.1000. The normalized spacial score (nSPS) is 18.1. The summed E-state index contributed by atoms with van der Waals surface area (Å²) >= 11 is 11.8. The fourth-order valence-corrected chi connectivity index (χ4v) is 2.86. The van der Waals surface area contributed by atoms with Crippen molar-refractivity contribution in [2.24, 2.45) is 0 Å². The molecule has 1 aliphatic rings. The van der Waals surface area contributed by atoms with E-state index in [1.807, 2.05) is 12.1 Å². The smallest absolute Gasteiger partial charge is 0.0791 e. The van der Waals surface area contributed by atoms with Crippen LogP contribution in [0.15, 0.2) is 18.2 Å². The summed E-state index contributed by atoms with van der Waals surface area (Å²) in [4.78, 5) is 2.34. The van der Waals surface area contributed by atoms with Crippen LogP contribution in [0.25, 0.3) is 0 Å². The molecule has 1 fully saturated rings. The molecule has 0 spiro atoms. The maximum Gasteiger partial charge on any atom is 0.0791 e. The topological polar surface area (TPSA) is 35.5 Å². The molecule has 1 saturated heterocycles. The van der Waals surface area contributed by atoms with Crippen LogP contribution in [0.2, 0.25) is 10.0 Å². The van der Waals surface area contributed by atoms with Gasteiger partial charge < -0.3 is 15.3 Å². The molecule has 0 bridgehead atoms. The van der Waals surface area contributed by atoms with Crippen LogP contribution in [-0.2, 0) is 6.54 Å². The molecule has 1 heterocycles. The average Bonchev–Trinajstić information content (AvgIpc) is 2.44. The van der Waals surface area contributed by atoms with E-state index >= 15 is 0 Å². The molecule has 112 valence electrons. The van der Waals surface area contributed by atoms with Crippen molar-refractivity contribution in [2.45, 2.75) is 31.9 Å². The van der Waals surface area contributed by atoms with Crippen molar-refractivity contribution in [1.82, 2.24) is 10.2 Å². The molecule has 20 heavy (non-hydrogen) atoms. The molecule has 1 aromatic rings. The van der Waals surface area contributed by atoms with Crippen LogP contribution < -0.4 is 5.32 Å². The Morgan fingerprint density at radius 2 is 1.90 bits per heavy atom. The first-order chi connectivity index (χ1) is 9.65. The molecule has 1 aromatic carbocycles. The summed E-state index contributed by atoms with van der Waals surface area (Å²) in [6.45, 7) is 4.27. The summed E-state index contributed by atoms with van der Waals surface area (Å²) in [5, 5.41) is 14.4. The molecule has 0 radical (unpaired) electrons. The van der Waals surface area contributed by atoms with Crippen molar-refractivity contribution in [1.29, 1.82) is 0 Å². The van der Waals surface area contributed by atoms with E-state index in [4.69, 9.17) is 23.2 Å². The van der Waals surface area contributed by atoms with Gasteiger partial charge in [0.2, 0.25) is 0 Å². The zero-order chi connectivity index (χ0) is 14.4. The Bertz CT molecular complexity index is 422. The van der Waals surface area contributed by atoms with Gasteiger partial charge in [-0.3, -0.25) is 0 Å². The van der Waals surface area contributed by atoms with Gasteiger partial charge in [-0.1, -0.05) is 35.7 Å². The zero-order valence-electron chi connectivity index (χ0n) is 11.6. The van der Waals surface area contributed by atoms with E-state index in [-0.39, 0.29) is 6.10 Å². The Morgan fingerprint density at radius 1 is 1.15 bits per heavy atom. The number of aliphatic hydroxyl groups is 1. The fraction of sp³-hybridized carbons (Fsp3) is 0.600. The van der Waals surface area contributed by atoms with E-state index in [9.17, 15) is 5.11 Å². The number of hydrogen-bond acceptors (Lipinski definition) is 3. The summed E-state index contributed by atoms with van der Waals surface area (Å²) in [6, 6.07) is 5.59. The molecular formula is C15H22Cl2N2O. The Hall–Kier alpha value is -0.320. The standard InChI is InChI=1S/C15H22Cl2N2O/c16-14-5-4-12(8-15(14)17)9-18-10-13(20)11-19-6-2-1-3-7-19/h4-5,8,13,18,20H,1-3,6-7,9-11H2. The monoisotopic (exact) mass is 316 g/mol. The summed E-state index contributed by atoms with van der Waals surface area (Å²) in [5.74, 6) is 0. The van der Waals surface area contributed by atoms with Gasteiger partial charge in [-0.2, -0.15) is 0 Å². The van der Waals surface area contributed by atoms with Gasteiger partial charge in [0.15, 0.2) is 0 Å². The van der Waals surface area contributed by atoms with Crippen molar-refractivity contribution < 1.29 is 5.11 Å². The fourth-order valence-electron chi connectivity index (χ4n) is 2.54. The predicted octanol–water partition coefficient (Wildman–Crippen LogP) is 2.93. The number of aliphatic hydroxyl groups excluding tert-OH is 1. The molecule has 0 amide bonds. The number of nitrogens with one attached hydrogen (secondary N) is 1. The summed E-state index contributed by atoms with van der Waals surface area (Å²) in [7, 11) is 0. The Kier molecular flexibility index (Phi) is 6.59. The average molecular weight is 317 g/mol. The quantitative estimate of drug-likeness (QED) is 0.847. The van der Waals surface area contributed by atoms with Crippen LogP contribution in [0.1, 0.15) is 24.8 Å². The van der Waals surface area contributed by atoms with Crippen LogP contribution >= 0.6 is 23.2 Å². The SMILES string of the molecule is OC(CNCc1ccc(Cl)c(Cl)c1)CN1CCCCC1. The molecule has 1 atom stereocenters. The second-order valence-electron chi connectivity index (χ2n) is 5.39. The highest BCUT2D eigenvalue weighted by Crippen LogP contribution is 2.22. The van der Waals surface area contributed by atoms with Crippen molar-refractivity contribution in [3.63, 3.8) is 0 Å². The number of likely N-dealkylation sites (tertiary alicyclic amines) is 1. The van der Waals surface area contributed by atoms with Crippen LogP contribution in [0.3, 0.4) is 0 Å². The third-order valence-corrected chi connectivity index (χ3v) is 4.35. The molecule has 3 nitrogen and oxygen atoms in total. The molecule has 2 N–H and O–H groups in total. The van der Waals surface area contributed by atoms with Crippen LogP contribution in [0, 0.1) is 0 Å². The highest BCUT2D eigenvalue weighted by Gasteiger charge is 2.14. The molecule has 1 aliphatic heterocycles. The lowest BCUT2D eigenvalue weighted by Crippen LogP contribution is -2.40. The molecule has 2 rings (SSSR count). The Morgan fingerprint density at radius 3 is 2.60 bits per heavy atom. The van der Waals surface area contributed by atoms with Gasteiger partial charge in [0.1, 0.15) is 0 Å². The van der Waals surface area contributed by atoms with Crippen LogP contribution in [0.5, 0.6) is 0 Å². The van der Waals surface area contributed by atoms with Gasteiger partial charge in [-0.15, -0.1) is 0 Å². The number of halogens is 2. The van der Waals surface area contributed by atoms with Crippen LogP contribution in [0.4, 0.5) is 0 Å². The second kappa shape index (κ2) is 8.20. The Balaban J connectivity index is 1.67. The van der Waals surface area contributed by atoms with E-state index in [2.05, 4.69) is 10.2 Å². The van der Waals surface area contributed by atoms with Gasteiger partial charge in [-0.05, 0) is 43.6 Å². The summed E-state index contributed by atoms with van der Waals surface area (Å²) < 4.78 is 0. The first-order valence-corrected chi connectivity index (χ1v) is 7.96. The predicted molar refractivity (Wildman–Crippen MR) is 84.5 cm³/mol. The largest absolute Gasteiger partial charge is 0.390 e. The van der Waals surface area contributed by atoms with E-state index in [1.165, 1.54) is 19.3 Å². The molecular weight excluding hydrogens is 295 g/mol. The number of benzene rings is 1. The zero-order valence-corrected chi connectivity index (χ0v) is 13.1.